The predicted molar refractivity (Wildman–Crippen MR) is 104 cm³/mol. The molecule has 1 aromatic heterocycles. The van der Waals surface area contributed by atoms with Crippen molar-refractivity contribution < 1.29 is 0 Å². The largest absolute Gasteiger partial charge is 0.252 e. The smallest absolute Gasteiger partial charge is 0.0937 e. The Kier molecular flexibility index (Phi) is 5.17. The van der Waals surface area contributed by atoms with Gasteiger partial charge in [-0.25, -0.2) is 0 Å². The quantitative estimate of drug-likeness (QED) is 0.403. The number of thiocarbonyl (C=S) groups is 1. The highest BCUT2D eigenvalue weighted by atomic mass is 35.5. The maximum atomic E-state index is 6.31. The molecule has 0 spiro atoms. The summed E-state index contributed by atoms with van der Waals surface area (Å²) in [5, 5.41) is 2.86. The molecule has 24 heavy (non-hydrogen) atoms. The van der Waals surface area contributed by atoms with E-state index in [2.05, 4.69) is 70.7 Å². The summed E-state index contributed by atoms with van der Waals surface area (Å²) in [5.41, 5.74) is 6.00. The Bertz CT molecular complexity index is 896. The Morgan fingerprint density at radius 2 is 1.58 bits per heavy atom. The summed E-state index contributed by atoms with van der Waals surface area (Å²) < 4.78 is 0. The van der Waals surface area contributed by atoms with Crippen molar-refractivity contribution in [1.82, 2.24) is 4.98 Å². The highest BCUT2D eigenvalue weighted by Crippen LogP contribution is 2.30. The number of aryl methyl sites for hydroxylation is 1. The Morgan fingerprint density at radius 3 is 2.12 bits per heavy atom. The van der Waals surface area contributed by atoms with Gasteiger partial charge in [0.2, 0.25) is 0 Å². The van der Waals surface area contributed by atoms with Crippen molar-refractivity contribution >= 4 is 34.7 Å². The summed E-state index contributed by atoms with van der Waals surface area (Å²) >= 11 is 10.9. The maximum Gasteiger partial charge on any atom is 0.0937 e. The average Bonchev–Trinajstić information content (AvgIpc) is 2.62. The molecule has 0 aliphatic rings. The van der Waals surface area contributed by atoms with E-state index in [1.54, 1.807) is 12.3 Å². The number of isothiocyanates is 1. The normalized spacial score (nSPS) is 10.2. The number of nitrogens with zero attached hydrogens (tertiary/aromatic N) is 2. The van der Waals surface area contributed by atoms with Gasteiger partial charge in [-0.3, -0.25) is 4.98 Å². The van der Waals surface area contributed by atoms with Crippen molar-refractivity contribution in [2.75, 3.05) is 0 Å². The van der Waals surface area contributed by atoms with Crippen molar-refractivity contribution in [3.63, 3.8) is 0 Å². The molecule has 0 bridgehead atoms. The summed E-state index contributed by atoms with van der Waals surface area (Å²) in [7, 11) is 0. The fourth-order valence-electron chi connectivity index (χ4n) is 2.51. The van der Waals surface area contributed by atoms with Gasteiger partial charge in [-0.1, -0.05) is 67.1 Å². The molecule has 4 heteroatoms. The van der Waals surface area contributed by atoms with Crippen LogP contribution in [-0.2, 0) is 6.42 Å². The van der Waals surface area contributed by atoms with E-state index in [0.29, 0.717) is 10.7 Å². The lowest BCUT2D eigenvalue weighted by atomic mass is 10.0. The minimum absolute atomic E-state index is 0.543. The van der Waals surface area contributed by atoms with Gasteiger partial charge in [0.25, 0.3) is 0 Å². The summed E-state index contributed by atoms with van der Waals surface area (Å²) in [4.78, 5) is 8.27. The minimum atomic E-state index is 0.543. The first-order valence-corrected chi connectivity index (χ1v) is 8.43. The molecule has 3 rings (SSSR count). The van der Waals surface area contributed by atoms with Crippen LogP contribution >= 0.6 is 23.8 Å². The summed E-state index contributed by atoms with van der Waals surface area (Å²) in [6.45, 7) is 2.16. The Balaban J connectivity index is 1.90. The molecular weight excluding hydrogens is 336 g/mol. The number of hydrogen-bond donors (Lipinski definition) is 0. The first kappa shape index (κ1) is 16.5. The third kappa shape index (κ3) is 3.60. The van der Waals surface area contributed by atoms with Gasteiger partial charge in [0.15, 0.2) is 0 Å². The zero-order chi connectivity index (χ0) is 16.9. The number of aromatic nitrogens is 1. The van der Waals surface area contributed by atoms with Gasteiger partial charge in [-0.2, -0.15) is 4.99 Å². The van der Waals surface area contributed by atoms with Gasteiger partial charge in [-0.15, -0.1) is 0 Å². The third-order valence-electron chi connectivity index (χ3n) is 3.86. The van der Waals surface area contributed by atoms with Crippen LogP contribution in [0.4, 0.5) is 5.69 Å². The zero-order valence-electron chi connectivity index (χ0n) is 13.2. The molecule has 0 N–H and O–H groups in total. The van der Waals surface area contributed by atoms with Gasteiger partial charge < -0.3 is 0 Å². The van der Waals surface area contributed by atoms with Crippen LogP contribution < -0.4 is 0 Å². The van der Waals surface area contributed by atoms with Crippen LogP contribution in [0.2, 0.25) is 5.02 Å². The third-order valence-corrected chi connectivity index (χ3v) is 4.23. The van der Waals surface area contributed by atoms with Gasteiger partial charge in [-0.05, 0) is 41.4 Å². The standard InChI is InChI=1S/C20H15ClN2S/c1-2-14-3-5-15(6-4-14)16-7-9-17(10-8-16)20-19(21)11-18(12-22-20)23-13-24/h3-12H,2H2,1H3. The van der Waals surface area contributed by atoms with E-state index in [-0.39, 0.29) is 0 Å². The van der Waals surface area contributed by atoms with E-state index in [1.807, 2.05) is 12.1 Å². The highest BCUT2D eigenvalue weighted by Gasteiger charge is 2.07. The van der Waals surface area contributed by atoms with Crippen molar-refractivity contribution in [1.29, 1.82) is 0 Å². The van der Waals surface area contributed by atoms with Crippen molar-refractivity contribution in [2.24, 2.45) is 4.99 Å². The highest BCUT2D eigenvalue weighted by molar-refractivity contribution is 7.78. The summed E-state index contributed by atoms with van der Waals surface area (Å²) in [6, 6.07) is 18.6. The number of rotatable bonds is 4. The summed E-state index contributed by atoms with van der Waals surface area (Å²) in [6.07, 6.45) is 2.69. The lowest BCUT2D eigenvalue weighted by molar-refractivity contribution is 1.14. The molecule has 0 saturated heterocycles. The molecule has 0 radical (unpaired) electrons. The van der Waals surface area contributed by atoms with Crippen molar-refractivity contribution in [2.45, 2.75) is 13.3 Å². The number of pyridine rings is 1. The second-order valence-corrected chi connectivity index (χ2v) is 5.94. The molecule has 3 aromatic rings. The number of halogens is 1. The van der Waals surface area contributed by atoms with Gasteiger partial charge in [0.05, 0.1) is 27.8 Å². The Hall–Kier alpha value is -2.32. The Labute approximate surface area is 151 Å². The maximum absolute atomic E-state index is 6.31. The van der Waals surface area contributed by atoms with E-state index < -0.39 is 0 Å². The van der Waals surface area contributed by atoms with Gasteiger partial charge in [0, 0.05) is 5.56 Å². The predicted octanol–water partition coefficient (Wildman–Crippen LogP) is 6.37. The first-order chi connectivity index (χ1) is 11.7. The second kappa shape index (κ2) is 7.50. The van der Waals surface area contributed by atoms with Crippen LogP contribution in [0.25, 0.3) is 22.4 Å². The zero-order valence-corrected chi connectivity index (χ0v) is 14.7. The number of aliphatic imine (C=N–C) groups is 1. The van der Waals surface area contributed by atoms with Crippen LogP contribution in [-0.4, -0.2) is 10.1 Å². The lowest BCUT2D eigenvalue weighted by Gasteiger charge is -2.07. The molecule has 118 valence electrons. The number of hydrogen-bond acceptors (Lipinski definition) is 3. The lowest BCUT2D eigenvalue weighted by Crippen LogP contribution is -1.86. The van der Waals surface area contributed by atoms with Crippen LogP contribution in [0.5, 0.6) is 0 Å². The van der Waals surface area contributed by atoms with E-state index >= 15 is 0 Å². The average molecular weight is 351 g/mol. The minimum Gasteiger partial charge on any atom is -0.252 e. The molecule has 0 amide bonds. The van der Waals surface area contributed by atoms with Crippen LogP contribution in [0.1, 0.15) is 12.5 Å². The van der Waals surface area contributed by atoms with Crippen LogP contribution in [0, 0.1) is 0 Å². The van der Waals surface area contributed by atoms with Crippen LogP contribution in [0.3, 0.4) is 0 Å². The molecule has 0 saturated carbocycles. The SMILES string of the molecule is CCc1ccc(-c2ccc(-c3ncc(N=C=S)cc3Cl)cc2)cc1. The molecule has 0 fully saturated rings. The number of benzene rings is 2. The molecule has 0 aliphatic carbocycles. The topological polar surface area (TPSA) is 25.2 Å². The van der Waals surface area contributed by atoms with Crippen LogP contribution in [0.15, 0.2) is 65.8 Å². The van der Waals surface area contributed by atoms with Gasteiger partial charge in [0.1, 0.15) is 0 Å². The van der Waals surface area contributed by atoms with Crippen molar-refractivity contribution in [3.8, 4) is 22.4 Å². The molecule has 1 heterocycles. The fourth-order valence-corrected chi connectivity index (χ4v) is 2.88. The fraction of sp³-hybridized carbons (Fsp3) is 0.100. The molecule has 0 unspecified atom stereocenters. The molecular formula is C20H15ClN2S. The van der Waals surface area contributed by atoms with E-state index in [0.717, 1.165) is 17.7 Å². The Morgan fingerprint density at radius 1 is 1.00 bits per heavy atom. The molecule has 2 aromatic carbocycles. The summed E-state index contributed by atoms with van der Waals surface area (Å²) in [5.74, 6) is 0. The van der Waals surface area contributed by atoms with Gasteiger partial charge >= 0.3 is 0 Å². The first-order valence-electron chi connectivity index (χ1n) is 7.64. The second-order valence-electron chi connectivity index (χ2n) is 5.35. The molecule has 2 nitrogen and oxygen atoms in total. The van der Waals surface area contributed by atoms with E-state index in [9.17, 15) is 0 Å². The monoisotopic (exact) mass is 350 g/mol. The van der Waals surface area contributed by atoms with Crippen molar-refractivity contribution in [3.05, 3.63) is 71.4 Å². The molecule has 0 aliphatic heterocycles. The molecule has 0 atom stereocenters. The van der Waals surface area contributed by atoms with E-state index in [1.165, 1.54) is 16.7 Å². The van der Waals surface area contributed by atoms with E-state index in [4.69, 9.17) is 11.6 Å².